The number of aromatic nitrogens is 3. The number of fused-ring (bicyclic) bond motifs is 1. The van der Waals surface area contributed by atoms with Crippen LogP contribution in [0.2, 0.25) is 0 Å². The normalized spacial score (nSPS) is 19.2. The summed E-state index contributed by atoms with van der Waals surface area (Å²) in [6, 6.07) is 10.5. The smallest absolute Gasteiger partial charge is 0.225 e. The van der Waals surface area contributed by atoms with Crippen molar-refractivity contribution in [2.45, 2.75) is 19.4 Å². The molecule has 1 atom stereocenters. The van der Waals surface area contributed by atoms with E-state index in [1.807, 2.05) is 12.3 Å². The van der Waals surface area contributed by atoms with Gasteiger partial charge in [-0.2, -0.15) is 0 Å². The van der Waals surface area contributed by atoms with E-state index < -0.39 is 0 Å². The number of carbonyl (C=O) groups is 1. The number of nitrogens with one attached hydrogen (secondary N) is 1. The van der Waals surface area contributed by atoms with Crippen molar-refractivity contribution < 1.29 is 9.53 Å². The van der Waals surface area contributed by atoms with Crippen molar-refractivity contribution in [1.29, 1.82) is 0 Å². The predicted molar refractivity (Wildman–Crippen MR) is 124 cm³/mol. The zero-order valence-electron chi connectivity index (χ0n) is 18.1. The molecular weight excluding hydrogens is 404 g/mol. The van der Waals surface area contributed by atoms with E-state index in [0.717, 1.165) is 62.5 Å². The minimum atomic E-state index is -0.0334. The van der Waals surface area contributed by atoms with Gasteiger partial charge in [-0.3, -0.25) is 9.78 Å². The molecule has 8 nitrogen and oxygen atoms in total. The molecule has 0 bridgehead atoms. The van der Waals surface area contributed by atoms with Gasteiger partial charge in [0.05, 0.1) is 31.0 Å². The molecule has 0 aliphatic carbocycles. The number of hydrogen-bond acceptors (Lipinski definition) is 7. The molecule has 0 radical (unpaired) electrons. The standard InChI is InChI=1S/C24H28N6O2/c31-24(28-15-18-3-5-20(6-4-18)29-10-12-32-13-11-29)19-2-1-9-30(17-19)21-14-22-23(27-16-21)26-8-7-25-22/h3-8,14,16,19H,1-2,9-13,15,17H2,(H,28,31)/t19-/m0/s1. The summed E-state index contributed by atoms with van der Waals surface area (Å²) in [4.78, 5) is 30.4. The van der Waals surface area contributed by atoms with Crippen LogP contribution in [0.15, 0.2) is 48.9 Å². The first-order valence-corrected chi connectivity index (χ1v) is 11.3. The Morgan fingerprint density at radius 3 is 2.66 bits per heavy atom. The average Bonchev–Trinajstić information content (AvgIpc) is 2.88. The first-order chi connectivity index (χ1) is 15.8. The van der Waals surface area contributed by atoms with Gasteiger partial charge in [0.25, 0.3) is 0 Å². The molecule has 3 aromatic rings. The molecule has 32 heavy (non-hydrogen) atoms. The van der Waals surface area contributed by atoms with Crippen molar-refractivity contribution in [1.82, 2.24) is 20.3 Å². The maximum atomic E-state index is 12.9. The number of nitrogens with zero attached hydrogens (tertiary/aromatic N) is 5. The van der Waals surface area contributed by atoms with Crippen molar-refractivity contribution in [2.24, 2.45) is 5.92 Å². The van der Waals surface area contributed by atoms with E-state index in [9.17, 15) is 4.79 Å². The quantitative estimate of drug-likeness (QED) is 0.663. The van der Waals surface area contributed by atoms with Crippen LogP contribution in [0.4, 0.5) is 11.4 Å². The number of rotatable bonds is 5. The summed E-state index contributed by atoms with van der Waals surface area (Å²) < 4.78 is 5.42. The summed E-state index contributed by atoms with van der Waals surface area (Å²) >= 11 is 0. The monoisotopic (exact) mass is 432 g/mol. The number of anilines is 2. The zero-order valence-corrected chi connectivity index (χ0v) is 18.1. The maximum Gasteiger partial charge on any atom is 0.225 e. The Labute approximate surface area is 187 Å². The molecule has 2 aromatic heterocycles. The summed E-state index contributed by atoms with van der Waals surface area (Å²) in [6.07, 6.45) is 7.03. The van der Waals surface area contributed by atoms with Gasteiger partial charge in [0.15, 0.2) is 5.65 Å². The second-order valence-corrected chi connectivity index (χ2v) is 8.36. The molecule has 0 saturated carbocycles. The topological polar surface area (TPSA) is 83.5 Å². The van der Waals surface area contributed by atoms with Crippen molar-refractivity contribution in [3.8, 4) is 0 Å². The van der Waals surface area contributed by atoms with Gasteiger partial charge in [-0.05, 0) is 36.6 Å². The van der Waals surface area contributed by atoms with Gasteiger partial charge in [0.1, 0.15) is 5.52 Å². The summed E-state index contributed by atoms with van der Waals surface area (Å²) in [5.41, 5.74) is 4.73. The largest absolute Gasteiger partial charge is 0.378 e. The highest BCUT2D eigenvalue weighted by molar-refractivity contribution is 5.80. The Balaban J connectivity index is 1.17. The van der Waals surface area contributed by atoms with E-state index in [-0.39, 0.29) is 11.8 Å². The second-order valence-electron chi connectivity index (χ2n) is 8.36. The fourth-order valence-corrected chi connectivity index (χ4v) is 4.43. The van der Waals surface area contributed by atoms with Crippen LogP contribution in [0, 0.1) is 5.92 Å². The molecule has 8 heteroatoms. The van der Waals surface area contributed by atoms with E-state index in [2.05, 4.69) is 54.3 Å². The van der Waals surface area contributed by atoms with Crippen LogP contribution < -0.4 is 15.1 Å². The molecular formula is C24H28N6O2. The van der Waals surface area contributed by atoms with Gasteiger partial charge in [0.2, 0.25) is 5.91 Å². The molecule has 1 amide bonds. The van der Waals surface area contributed by atoms with Crippen molar-refractivity contribution in [3.63, 3.8) is 0 Å². The SMILES string of the molecule is O=C(NCc1ccc(N2CCOCC2)cc1)[C@H]1CCCN(c2cnc3nccnc3c2)C1. The first kappa shape index (κ1) is 20.6. The van der Waals surface area contributed by atoms with Crippen LogP contribution in [0.25, 0.3) is 11.2 Å². The predicted octanol–water partition coefficient (Wildman–Crippen LogP) is 2.39. The third-order valence-electron chi connectivity index (χ3n) is 6.25. The van der Waals surface area contributed by atoms with Gasteiger partial charge in [0, 0.05) is 50.8 Å². The molecule has 1 aromatic carbocycles. The van der Waals surface area contributed by atoms with Gasteiger partial charge >= 0.3 is 0 Å². The van der Waals surface area contributed by atoms with Gasteiger partial charge < -0.3 is 19.9 Å². The van der Waals surface area contributed by atoms with Gasteiger partial charge in [-0.15, -0.1) is 0 Å². The van der Waals surface area contributed by atoms with Crippen LogP contribution in [-0.2, 0) is 16.1 Å². The van der Waals surface area contributed by atoms with Crippen LogP contribution in [-0.4, -0.2) is 60.3 Å². The van der Waals surface area contributed by atoms with Crippen LogP contribution >= 0.6 is 0 Å². The number of benzene rings is 1. The molecule has 1 N–H and O–H groups in total. The Morgan fingerprint density at radius 1 is 1.00 bits per heavy atom. The number of hydrogen-bond donors (Lipinski definition) is 1. The lowest BCUT2D eigenvalue weighted by Gasteiger charge is -2.33. The minimum Gasteiger partial charge on any atom is -0.378 e. The highest BCUT2D eigenvalue weighted by atomic mass is 16.5. The third kappa shape index (κ3) is 4.65. The Kier molecular flexibility index (Phi) is 6.11. The van der Waals surface area contributed by atoms with E-state index in [1.54, 1.807) is 12.4 Å². The molecule has 2 saturated heterocycles. The number of amides is 1. The molecule has 2 aliphatic heterocycles. The maximum absolute atomic E-state index is 12.9. The first-order valence-electron chi connectivity index (χ1n) is 11.3. The number of ether oxygens (including phenoxy) is 1. The number of pyridine rings is 1. The Bertz CT molecular complexity index is 1070. The van der Waals surface area contributed by atoms with Crippen molar-refractivity contribution in [3.05, 3.63) is 54.5 Å². The Hall–Kier alpha value is -3.26. The number of morpholine rings is 1. The molecule has 0 unspecified atom stereocenters. The third-order valence-corrected chi connectivity index (χ3v) is 6.25. The highest BCUT2D eigenvalue weighted by Gasteiger charge is 2.26. The summed E-state index contributed by atoms with van der Waals surface area (Å²) in [7, 11) is 0. The van der Waals surface area contributed by atoms with Gasteiger partial charge in [-0.1, -0.05) is 12.1 Å². The van der Waals surface area contributed by atoms with Crippen LogP contribution in [0.1, 0.15) is 18.4 Å². The zero-order chi connectivity index (χ0) is 21.8. The fraction of sp³-hybridized carbons (Fsp3) is 0.417. The van der Waals surface area contributed by atoms with Crippen molar-refractivity contribution >= 4 is 28.4 Å². The lowest BCUT2D eigenvalue weighted by atomic mass is 9.96. The molecule has 166 valence electrons. The fourth-order valence-electron chi connectivity index (χ4n) is 4.43. The second kappa shape index (κ2) is 9.48. The van der Waals surface area contributed by atoms with Crippen LogP contribution in [0.3, 0.4) is 0 Å². The van der Waals surface area contributed by atoms with Crippen LogP contribution in [0.5, 0.6) is 0 Å². The number of carbonyl (C=O) groups excluding carboxylic acids is 1. The lowest BCUT2D eigenvalue weighted by Crippen LogP contribution is -2.43. The molecule has 2 fully saturated rings. The van der Waals surface area contributed by atoms with E-state index in [1.165, 1.54) is 5.69 Å². The molecule has 4 heterocycles. The number of piperidine rings is 1. The molecule has 5 rings (SSSR count). The van der Waals surface area contributed by atoms with E-state index in [0.29, 0.717) is 18.7 Å². The summed E-state index contributed by atoms with van der Waals surface area (Å²) in [6.45, 7) is 5.56. The summed E-state index contributed by atoms with van der Waals surface area (Å²) in [5, 5.41) is 3.13. The average molecular weight is 433 g/mol. The van der Waals surface area contributed by atoms with Gasteiger partial charge in [-0.25, -0.2) is 9.97 Å². The minimum absolute atomic E-state index is 0.0334. The van der Waals surface area contributed by atoms with E-state index in [4.69, 9.17) is 4.74 Å². The van der Waals surface area contributed by atoms with Crippen molar-refractivity contribution in [2.75, 3.05) is 49.2 Å². The highest BCUT2D eigenvalue weighted by Crippen LogP contribution is 2.24. The lowest BCUT2D eigenvalue weighted by molar-refractivity contribution is -0.125. The molecule has 0 spiro atoms. The summed E-state index contributed by atoms with van der Waals surface area (Å²) in [5.74, 6) is 0.0782. The molecule has 2 aliphatic rings. The van der Waals surface area contributed by atoms with E-state index >= 15 is 0 Å². The Morgan fingerprint density at radius 2 is 1.81 bits per heavy atom.